The van der Waals surface area contributed by atoms with Gasteiger partial charge in [-0.3, -0.25) is 0 Å². The van der Waals surface area contributed by atoms with Crippen LogP contribution in [0.4, 0.5) is 0 Å². The molecule has 22 heavy (non-hydrogen) atoms. The van der Waals surface area contributed by atoms with Gasteiger partial charge in [0.25, 0.3) is 0 Å². The number of hydrogen-bond donors (Lipinski definition) is 0. The van der Waals surface area contributed by atoms with Crippen LogP contribution in [-0.4, -0.2) is 17.5 Å². The molecule has 0 bridgehead atoms. The molecular formula is C21H31N. The zero-order valence-corrected chi connectivity index (χ0v) is 14.5. The Morgan fingerprint density at radius 2 is 2.14 bits per heavy atom. The Hall–Kier alpha value is -1.50. The van der Waals surface area contributed by atoms with Crippen LogP contribution in [0, 0.1) is 5.92 Å². The lowest BCUT2D eigenvalue weighted by Crippen LogP contribution is -2.33. The molecular weight excluding hydrogens is 266 g/mol. The van der Waals surface area contributed by atoms with Crippen molar-refractivity contribution in [3.8, 4) is 0 Å². The van der Waals surface area contributed by atoms with Crippen molar-refractivity contribution >= 4 is 0 Å². The topological polar surface area (TPSA) is 3.24 Å². The first-order valence-corrected chi connectivity index (χ1v) is 8.91. The second kappa shape index (κ2) is 8.82. The molecule has 120 valence electrons. The van der Waals surface area contributed by atoms with Crippen LogP contribution >= 0.6 is 0 Å². The standard InChI is InChI=1S/C21H31N/c1-4-17-22(21-13-7-6-8-14-21)20(5-2)16-15-19-12-10-9-11-18(19)3/h7,9-11,13-16,19-20H,4-6,8,12,17H2,1-3H3/b16-15-/t19?,20-/m1/s1. The Morgan fingerprint density at radius 1 is 1.27 bits per heavy atom. The van der Waals surface area contributed by atoms with Crippen LogP contribution in [0.25, 0.3) is 0 Å². The fourth-order valence-corrected chi connectivity index (χ4v) is 3.25. The van der Waals surface area contributed by atoms with E-state index in [1.807, 2.05) is 0 Å². The van der Waals surface area contributed by atoms with Crippen molar-refractivity contribution < 1.29 is 0 Å². The van der Waals surface area contributed by atoms with E-state index in [1.165, 1.54) is 30.5 Å². The van der Waals surface area contributed by atoms with Gasteiger partial charge in [-0.1, -0.05) is 62.0 Å². The van der Waals surface area contributed by atoms with Gasteiger partial charge in [0.05, 0.1) is 0 Å². The van der Waals surface area contributed by atoms with E-state index in [4.69, 9.17) is 0 Å². The maximum Gasteiger partial charge on any atom is 0.0470 e. The summed E-state index contributed by atoms with van der Waals surface area (Å²) in [6, 6.07) is 0.507. The van der Waals surface area contributed by atoms with E-state index in [9.17, 15) is 0 Å². The van der Waals surface area contributed by atoms with Crippen molar-refractivity contribution in [2.45, 2.75) is 58.9 Å². The van der Waals surface area contributed by atoms with Crippen LogP contribution < -0.4 is 0 Å². The number of hydrogen-bond acceptors (Lipinski definition) is 1. The number of rotatable bonds is 7. The molecule has 0 fully saturated rings. The number of nitrogens with zero attached hydrogens (tertiary/aromatic N) is 1. The Morgan fingerprint density at radius 3 is 2.77 bits per heavy atom. The molecule has 1 unspecified atom stereocenters. The molecule has 2 aliphatic rings. The summed E-state index contributed by atoms with van der Waals surface area (Å²) in [5, 5.41) is 0. The molecule has 2 atom stereocenters. The highest BCUT2D eigenvalue weighted by Crippen LogP contribution is 2.24. The third-order valence-corrected chi connectivity index (χ3v) is 4.63. The fourth-order valence-electron chi connectivity index (χ4n) is 3.25. The molecule has 0 spiro atoms. The van der Waals surface area contributed by atoms with Crippen LogP contribution in [0.3, 0.4) is 0 Å². The monoisotopic (exact) mass is 297 g/mol. The van der Waals surface area contributed by atoms with Gasteiger partial charge in [0, 0.05) is 24.2 Å². The van der Waals surface area contributed by atoms with Crippen LogP contribution in [-0.2, 0) is 0 Å². The third-order valence-electron chi connectivity index (χ3n) is 4.63. The highest BCUT2D eigenvalue weighted by atomic mass is 15.2. The average molecular weight is 297 g/mol. The van der Waals surface area contributed by atoms with Crippen LogP contribution in [0.5, 0.6) is 0 Å². The minimum atomic E-state index is 0.507. The molecule has 0 saturated heterocycles. The summed E-state index contributed by atoms with van der Waals surface area (Å²) in [6.45, 7) is 7.96. The quantitative estimate of drug-likeness (QED) is 0.538. The molecule has 0 aliphatic heterocycles. The summed E-state index contributed by atoms with van der Waals surface area (Å²) in [4.78, 5) is 2.59. The average Bonchev–Trinajstić information content (AvgIpc) is 2.56. The minimum absolute atomic E-state index is 0.507. The molecule has 2 aliphatic carbocycles. The van der Waals surface area contributed by atoms with E-state index in [-0.39, 0.29) is 0 Å². The molecule has 0 amide bonds. The highest BCUT2D eigenvalue weighted by molar-refractivity contribution is 5.26. The zero-order chi connectivity index (χ0) is 15.8. The van der Waals surface area contributed by atoms with Crippen molar-refractivity contribution in [2.75, 3.05) is 6.54 Å². The Labute approximate surface area is 136 Å². The Kier molecular flexibility index (Phi) is 6.76. The zero-order valence-electron chi connectivity index (χ0n) is 14.5. The van der Waals surface area contributed by atoms with E-state index in [1.54, 1.807) is 0 Å². The van der Waals surface area contributed by atoms with Crippen molar-refractivity contribution in [3.63, 3.8) is 0 Å². The summed E-state index contributed by atoms with van der Waals surface area (Å²) in [7, 11) is 0. The van der Waals surface area contributed by atoms with E-state index < -0.39 is 0 Å². The lowest BCUT2D eigenvalue weighted by atomic mass is 9.91. The number of allylic oxidation sites excluding steroid dienone is 8. The fraction of sp³-hybridized carbons (Fsp3) is 0.524. The lowest BCUT2D eigenvalue weighted by molar-refractivity contribution is 0.292. The lowest BCUT2D eigenvalue weighted by Gasteiger charge is -2.33. The normalized spacial score (nSPS) is 22.6. The second-order valence-electron chi connectivity index (χ2n) is 6.34. The summed E-state index contributed by atoms with van der Waals surface area (Å²) in [5.74, 6) is 0.582. The van der Waals surface area contributed by atoms with E-state index in [2.05, 4.69) is 74.3 Å². The van der Waals surface area contributed by atoms with Gasteiger partial charge in [-0.2, -0.15) is 0 Å². The maximum absolute atomic E-state index is 2.59. The predicted molar refractivity (Wildman–Crippen MR) is 97.7 cm³/mol. The first kappa shape index (κ1) is 16.9. The van der Waals surface area contributed by atoms with Gasteiger partial charge in [0.15, 0.2) is 0 Å². The van der Waals surface area contributed by atoms with Gasteiger partial charge in [-0.25, -0.2) is 0 Å². The molecule has 0 aromatic carbocycles. The summed E-state index contributed by atoms with van der Waals surface area (Å²) < 4.78 is 0. The van der Waals surface area contributed by atoms with Crippen molar-refractivity contribution in [1.82, 2.24) is 4.90 Å². The first-order valence-electron chi connectivity index (χ1n) is 8.91. The maximum atomic E-state index is 2.59. The van der Waals surface area contributed by atoms with E-state index in [0.29, 0.717) is 12.0 Å². The molecule has 2 rings (SSSR count). The summed E-state index contributed by atoms with van der Waals surface area (Å²) in [5.41, 5.74) is 2.90. The highest BCUT2D eigenvalue weighted by Gasteiger charge is 2.17. The van der Waals surface area contributed by atoms with Gasteiger partial charge in [-0.15, -0.1) is 0 Å². The van der Waals surface area contributed by atoms with Gasteiger partial charge in [-0.05, 0) is 45.1 Å². The van der Waals surface area contributed by atoms with Gasteiger partial charge < -0.3 is 4.90 Å². The van der Waals surface area contributed by atoms with Crippen molar-refractivity contribution in [1.29, 1.82) is 0 Å². The molecule has 0 aromatic rings. The molecule has 1 heteroatoms. The van der Waals surface area contributed by atoms with Crippen LogP contribution in [0.15, 0.2) is 59.9 Å². The van der Waals surface area contributed by atoms with Gasteiger partial charge in [0.2, 0.25) is 0 Å². The van der Waals surface area contributed by atoms with E-state index in [0.717, 1.165) is 19.4 Å². The Balaban J connectivity index is 2.09. The largest absolute Gasteiger partial charge is 0.365 e. The summed E-state index contributed by atoms with van der Waals surface area (Å²) in [6.07, 6.45) is 24.5. The molecule has 0 radical (unpaired) electrons. The second-order valence-corrected chi connectivity index (χ2v) is 6.34. The minimum Gasteiger partial charge on any atom is -0.365 e. The van der Waals surface area contributed by atoms with Gasteiger partial charge >= 0.3 is 0 Å². The van der Waals surface area contributed by atoms with Crippen LogP contribution in [0.2, 0.25) is 0 Å². The molecule has 0 N–H and O–H groups in total. The van der Waals surface area contributed by atoms with Gasteiger partial charge in [0.1, 0.15) is 0 Å². The molecule has 0 aromatic heterocycles. The molecule has 0 heterocycles. The predicted octanol–water partition coefficient (Wildman–Crippen LogP) is 5.79. The third kappa shape index (κ3) is 4.50. The first-order chi connectivity index (χ1) is 10.8. The smallest absolute Gasteiger partial charge is 0.0470 e. The molecule has 0 saturated carbocycles. The molecule has 1 nitrogen and oxygen atoms in total. The van der Waals surface area contributed by atoms with Crippen LogP contribution in [0.1, 0.15) is 52.9 Å². The SMILES string of the molecule is CCCN(C1=CCCC=C1)[C@@H](/C=C\C1CC=CC=C1C)CC. The van der Waals surface area contributed by atoms with E-state index >= 15 is 0 Å². The van der Waals surface area contributed by atoms with Crippen molar-refractivity contribution in [2.24, 2.45) is 5.92 Å². The van der Waals surface area contributed by atoms with Crippen molar-refractivity contribution in [3.05, 3.63) is 59.9 Å². The Bertz CT molecular complexity index is 490. The summed E-state index contributed by atoms with van der Waals surface area (Å²) >= 11 is 0.